The van der Waals surface area contributed by atoms with Gasteiger partial charge in [0.2, 0.25) is 0 Å². The van der Waals surface area contributed by atoms with Crippen molar-refractivity contribution >= 4 is 7.82 Å². The standard InChI is InChI=1S/C23H49N2O5P/c1-6-7-8-9-10-11-12-13-14-15-21(2)16-17-23(26)22(24)20-30-31(27,28)29-19-18-25(3,4)5/h16-17,21-23,26H,6-15,18-20,24H2,1-5H3/p+1/b17-16+. The number of unbranched alkanes of at least 4 members (excludes halogenated alkanes) is 8. The van der Waals surface area contributed by atoms with Gasteiger partial charge in [-0.3, -0.25) is 9.05 Å². The van der Waals surface area contributed by atoms with Gasteiger partial charge in [0.15, 0.2) is 0 Å². The van der Waals surface area contributed by atoms with Crippen molar-refractivity contribution in [3.05, 3.63) is 12.2 Å². The number of nitrogens with zero attached hydrogens (tertiary/aromatic N) is 1. The van der Waals surface area contributed by atoms with Crippen molar-refractivity contribution in [2.24, 2.45) is 11.7 Å². The summed E-state index contributed by atoms with van der Waals surface area (Å²) < 4.78 is 22.4. The number of quaternary nitrogens is 1. The largest absolute Gasteiger partial charge is 0.472 e. The highest BCUT2D eigenvalue weighted by atomic mass is 31.2. The molecule has 7 nitrogen and oxygen atoms in total. The zero-order valence-electron chi connectivity index (χ0n) is 20.7. The first kappa shape index (κ1) is 30.7. The van der Waals surface area contributed by atoms with Crippen LogP contribution in [0.3, 0.4) is 0 Å². The van der Waals surface area contributed by atoms with E-state index in [-0.39, 0.29) is 13.2 Å². The molecule has 4 atom stereocenters. The van der Waals surface area contributed by atoms with Crippen molar-refractivity contribution in [3.63, 3.8) is 0 Å². The maximum absolute atomic E-state index is 11.9. The van der Waals surface area contributed by atoms with E-state index in [1.807, 2.05) is 27.2 Å². The number of likely N-dealkylation sites (N-methyl/N-ethyl adjacent to an activating group) is 1. The van der Waals surface area contributed by atoms with Gasteiger partial charge in [0.05, 0.1) is 39.9 Å². The Bertz CT molecular complexity index is 511. The number of hydrogen-bond donors (Lipinski definition) is 3. The van der Waals surface area contributed by atoms with Crippen LogP contribution in [0.25, 0.3) is 0 Å². The number of allylic oxidation sites excluding steroid dienone is 1. The maximum Gasteiger partial charge on any atom is 0.472 e. The van der Waals surface area contributed by atoms with E-state index in [0.29, 0.717) is 16.9 Å². The third-order valence-electron chi connectivity index (χ3n) is 5.29. The van der Waals surface area contributed by atoms with Crippen molar-refractivity contribution in [1.82, 2.24) is 0 Å². The molecule has 0 saturated heterocycles. The maximum atomic E-state index is 11.9. The summed E-state index contributed by atoms with van der Waals surface area (Å²) in [6.07, 6.45) is 15.6. The molecule has 186 valence electrons. The van der Waals surface area contributed by atoms with Gasteiger partial charge < -0.3 is 20.2 Å². The molecule has 0 spiro atoms. The summed E-state index contributed by atoms with van der Waals surface area (Å²) >= 11 is 0. The summed E-state index contributed by atoms with van der Waals surface area (Å²) in [7, 11) is 1.71. The molecule has 0 aliphatic rings. The molecular weight excluding hydrogens is 415 g/mol. The second kappa shape index (κ2) is 17.2. The minimum atomic E-state index is -4.17. The second-order valence-corrected chi connectivity index (χ2v) is 11.2. The Kier molecular flexibility index (Phi) is 17.1. The van der Waals surface area contributed by atoms with Gasteiger partial charge in [-0.15, -0.1) is 0 Å². The van der Waals surface area contributed by atoms with Gasteiger partial charge in [0, 0.05) is 0 Å². The van der Waals surface area contributed by atoms with Crippen molar-refractivity contribution in [1.29, 1.82) is 0 Å². The van der Waals surface area contributed by atoms with Crippen LogP contribution in [-0.2, 0) is 13.6 Å². The van der Waals surface area contributed by atoms with E-state index in [1.54, 1.807) is 6.08 Å². The van der Waals surface area contributed by atoms with E-state index in [9.17, 15) is 14.6 Å². The molecule has 0 bridgehead atoms. The fraction of sp³-hybridized carbons (Fsp3) is 0.913. The molecular formula is C23H50N2O5P+. The Hall–Kier alpha value is -0.270. The van der Waals surface area contributed by atoms with Crippen LogP contribution >= 0.6 is 7.82 Å². The molecule has 31 heavy (non-hydrogen) atoms. The zero-order valence-corrected chi connectivity index (χ0v) is 21.6. The lowest BCUT2D eigenvalue weighted by atomic mass is 10.00. The Morgan fingerprint density at radius 3 is 2.06 bits per heavy atom. The first-order chi connectivity index (χ1) is 14.5. The van der Waals surface area contributed by atoms with Gasteiger partial charge in [0.25, 0.3) is 0 Å². The molecule has 0 aliphatic heterocycles. The van der Waals surface area contributed by atoms with Crippen LogP contribution in [0.4, 0.5) is 0 Å². The van der Waals surface area contributed by atoms with Crippen LogP contribution in [-0.4, -0.2) is 67.5 Å². The average molecular weight is 466 g/mol. The summed E-state index contributed by atoms with van der Waals surface area (Å²) in [5, 5.41) is 10.2. The molecule has 0 radical (unpaired) electrons. The Morgan fingerprint density at radius 2 is 1.52 bits per heavy atom. The number of aliphatic hydroxyl groups is 1. The Balaban J connectivity index is 3.95. The Morgan fingerprint density at radius 1 is 0.968 bits per heavy atom. The highest BCUT2D eigenvalue weighted by Crippen LogP contribution is 2.43. The summed E-state index contributed by atoms with van der Waals surface area (Å²) in [4.78, 5) is 9.72. The van der Waals surface area contributed by atoms with E-state index in [4.69, 9.17) is 14.8 Å². The first-order valence-corrected chi connectivity index (χ1v) is 13.5. The summed E-state index contributed by atoms with van der Waals surface area (Å²) in [5.41, 5.74) is 5.89. The molecule has 0 aromatic rings. The van der Waals surface area contributed by atoms with Gasteiger partial charge >= 0.3 is 7.82 Å². The highest BCUT2D eigenvalue weighted by Gasteiger charge is 2.25. The second-order valence-electron chi connectivity index (χ2n) is 9.75. The average Bonchev–Trinajstić information content (AvgIpc) is 2.67. The summed E-state index contributed by atoms with van der Waals surface area (Å²) in [5.74, 6) is 0.357. The molecule has 0 amide bonds. The molecule has 0 aromatic carbocycles. The van der Waals surface area contributed by atoms with Crippen molar-refractivity contribution in [2.75, 3.05) is 40.9 Å². The third kappa shape index (κ3) is 20.1. The van der Waals surface area contributed by atoms with Crippen LogP contribution < -0.4 is 5.73 Å². The Labute approximate surface area is 191 Å². The quantitative estimate of drug-likeness (QED) is 0.105. The fourth-order valence-electron chi connectivity index (χ4n) is 3.07. The molecule has 0 fully saturated rings. The van der Waals surface area contributed by atoms with Gasteiger partial charge in [-0.2, -0.15) is 0 Å². The van der Waals surface area contributed by atoms with E-state index >= 15 is 0 Å². The van der Waals surface area contributed by atoms with Crippen LogP contribution in [0.2, 0.25) is 0 Å². The SMILES string of the molecule is CCCCCCCCCCCC(C)/C=C/C(O)C(N)COP(=O)(O)OCC[N+](C)(C)C. The summed E-state index contributed by atoms with van der Waals surface area (Å²) in [6.45, 7) is 4.79. The number of aliphatic hydroxyl groups excluding tert-OH is 1. The normalized spacial score (nSPS) is 17.5. The lowest BCUT2D eigenvalue weighted by Gasteiger charge is -2.24. The van der Waals surface area contributed by atoms with Crippen molar-refractivity contribution < 1.29 is 28.1 Å². The van der Waals surface area contributed by atoms with E-state index in [1.165, 1.54) is 57.8 Å². The van der Waals surface area contributed by atoms with Crippen LogP contribution in [0.1, 0.15) is 78.1 Å². The fourth-order valence-corrected chi connectivity index (χ4v) is 3.81. The van der Waals surface area contributed by atoms with Gasteiger partial charge in [-0.1, -0.05) is 83.8 Å². The number of phosphoric acid groups is 1. The topological polar surface area (TPSA) is 102 Å². The lowest BCUT2D eigenvalue weighted by Crippen LogP contribution is -2.38. The molecule has 0 aliphatic carbocycles. The summed E-state index contributed by atoms with van der Waals surface area (Å²) in [6, 6.07) is -0.793. The molecule has 0 rings (SSSR count). The predicted molar refractivity (Wildman–Crippen MR) is 129 cm³/mol. The van der Waals surface area contributed by atoms with E-state index in [0.717, 1.165) is 6.42 Å². The van der Waals surface area contributed by atoms with Crippen molar-refractivity contribution in [2.45, 2.75) is 90.2 Å². The number of rotatable bonds is 20. The zero-order chi connectivity index (χ0) is 23.8. The van der Waals surface area contributed by atoms with Crippen molar-refractivity contribution in [3.8, 4) is 0 Å². The first-order valence-electron chi connectivity index (χ1n) is 12.0. The van der Waals surface area contributed by atoms with Crippen LogP contribution in [0.5, 0.6) is 0 Å². The molecule has 4 unspecified atom stereocenters. The third-order valence-corrected chi connectivity index (χ3v) is 6.27. The number of hydrogen-bond acceptors (Lipinski definition) is 5. The number of phosphoric ester groups is 1. The van der Waals surface area contributed by atoms with E-state index in [2.05, 4.69) is 13.8 Å². The lowest BCUT2D eigenvalue weighted by molar-refractivity contribution is -0.870. The molecule has 4 N–H and O–H groups in total. The predicted octanol–water partition coefficient (Wildman–Crippen LogP) is 4.63. The number of nitrogens with two attached hydrogens (primary N) is 1. The van der Waals surface area contributed by atoms with E-state index < -0.39 is 20.0 Å². The highest BCUT2D eigenvalue weighted by molar-refractivity contribution is 7.47. The van der Waals surface area contributed by atoms with Gasteiger partial charge in [0.1, 0.15) is 13.2 Å². The molecule has 0 aromatic heterocycles. The smallest absolute Gasteiger partial charge is 0.387 e. The molecule has 0 heterocycles. The van der Waals surface area contributed by atoms with Crippen LogP contribution in [0.15, 0.2) is 12.2 Å². The molecule has 8 heteroatoms. The van der Waals surface area contributed by atoms with Gasteiger partial charge in [-0.05, 0) is 12.3 Å². The van der Waals surface area contributed by atoms with Crippen LogP contribution in [0, 0.1) is 5.92 Å². The minimum absolute atomic E-state index is 0.103. The minimum Gasteiger partial charge on any atom is -0.387 e. The van der Waals surface area contributed by atoms with Gasteiger partial charge in [-0.25, -0.2) is 4.57 Å². The molecule has 0 saturated carbocycles. The monoisotopic (exact) mass is 465 g/mol.